The van der Waals surface area contributed by atoms with Gasteiger partial charge in [0.05, 0.1) is 10.9 Å². The molecular weight excluding hydrogens is 373 g/mol. The van der Waals surface area contributed by atoms with E-state index in [0.717, 1.165) is 21.1 Å². The van der Waals surface area contributed by atoms with Gasteiger partial charge in [0.1, 0.15) is 0 Å². The quantitative estimate of drug-likeness (QED) is 0.597. The van der Waals surface area contributed by atoms with Crippen molar-refractivity contribution < 1.29 is 4.79 Å². The number of aryl methyl sites for hydroxylation is 1. The van der Waals surface area contributed by atoms with Crippen molar-refractivity contribution in [2.45, 2.75) is 39.5 Å². The Labute approximate surface area is 134 Å². The average molecular weight is 394 g/mol. The van der Waals surface area contributed by atoms with Gasteiger partial charge in [-0.1, -0.05) is 32.9 Å². The molecule has 1 aromatic rings. The fourth-order valence-corrected chi connectivity index (χ4v) is 3.00. The topological polar surface area (TPSA) is 29.1 Å². The van der Waals surface area contributed by atoms with E-state index in [0.29, 0.717) is 6.54 Å². The summed E-state index contributed by atoms with van der Waals surface area (Å²) in [6, 6.07) is 5.75. The van der Waals surface area contributed by atoms with Crippen molar-refractivity contribution in [2.75, 3.05) is 6.54 Å². The number of hydrogen-bond donors (Lipinski definition) is 1. The van der Waals surface area contributed by atoms with E-state index in [9.17, 15) is 4.79 Å². The summed E-state index contributed by atoms with van der Waals surface area (Å²) in [6.45, 7) is 8.94. The molecule has 1 atom stereocenters. The first kappa shape index (κ1) is 16.8. The van der Waals surface area contributed by atoms with E-state index in [1.165, 1.54) is 0 Å². The Hall–Kier alpha value is -0.290. The van der Waals surface area contributed by atoms with Crippen molar-refractivity contribution >= 4 is 40.1 Å². The molecule has 0 aliphatic rings. The smallest absolute Gasteiger partial charge is 0.252 e. The minimum Gasteiger partial charge on any atom is -0.351 e. The fourth-order valence-electron chi connectivity index (χ4n) is 1.86. The predicted molar refractivity (Wildman–Crippen MR) is 89.9 cm³/mol. The normalized spacial score (nSPS) is 13.2. The van der Waals surface area contributed by atoms with Gasteiger partial charge in [-0.05, 0) is 53.0 Å². The lowest BCUT2D eigenvalue weighted by Crippen LogP contribution is -2.32. The van der Waals surface area contributed by atoms with Gasteiger partial charge in [0, 0.05) is 10.1 Å². The number of benzene rings is 1. The lowest BCUT2D eigenvalue weighted by molar-refractivity contribution is 0.0951. The van der Waals surface area contributed by atoms with Crippen molar-refractivity contribution in [3.8, 4) is 0 Å². The SMILES string of the molecule is Cc1cccc(C(=O)NCC(Cl)CC(C)(C)C)c1I. The monoisotopic (exact) mass is 393 g/mol. The van der Waals surface area contributed by atoms with Gasteiger partial charge in [-0.2, -0.15) is 0 Å². The molecule has 1 rings (SSSR count). The zero-order valence-electron chi connectivity index (χ0n) is 11.9. The predicted octanol–water partition coefficient (Wildman–Crippen LogP) is 4.37. The summed E-state index contributed by atoms with van der Waals surface area (Å²) >= 11 is 8.46. The maximum atomic E-state index is 12.1. The van der Waals surface area contributed by atoms with Gasteiger partial charge in [0.2, 0.25) is 0 Å². The Bertz CT molecular complexity index is 454. The molecule has 1 amide bonds. The van der Waals surface area contributed by atoms with Crippen LogP contribution in [0.4, 0.5) is 0 Å². The molecule has 0 heterocycles. The number of halogens is 2. The summed E-state index contributed by atoms with van der Waals surface area (Å²) in [7, 11) is 0. The molecule has 4 heteroatoms. The molecule has 0 aromatic heterocycles. The lowest BCUT2D eigenvalue weighted by atomic mass is 9.90. The Kier molecular flexibility index (Phi) is 6.12. The second kappa shape index (κ2) is 6.93. The van der Waals surface area contributed by atoms with Crippen LogP contribution in [0.3, 0.4) is 0 Å². The molecule has 1 unspecified atom stereocenters. The molecule has 0 aliphatic heterocycles. The maximum Gasteiger partial charge on any atom is 0.252 e. The maximum absolute atomic E-state index is 12.1. The Morgan fingerprint density at radius 3 is 2.63 bits per heavy atom. The molecule has 0 spiro atoms. The molecular formula is C15H21ClINO. The second-order valence-corrected chi connectivity index (χ2v) is 7.70. The molecule has 0 saturated heterocycles. The summed E-state index contributed by atoms with van der Waals surface area (Å²) in [5.41, 5.74) is 2.01. The van der Waals surface area contributed by atoms with E-state index >= 15 is 0 Å². The summed E-state index contributed by atoms with van der Waals surface area (Å²) in [4.78, 5) is 12.1. The van der Waals surface area contributed by atoms with Crippen LogP contribution in [0.5, 0.6) is 0 Å². The number of rotatable bonds is 4. The molecule has 0 aliphatic carbocycles. The van der Waals surface area contributed by atoms with Crippen molar-refractivity contribution in [3.05, 3.63) is 32.9 Å². The Morgan fingerprint density at radius 2 is 2.05 bits per heavy atom. The van der Waals surface area contributed by atoms with Gasteiger partial charge < -0.3 is 5.32 Å². The van der Waals surface area contributed by atoms with Crippen molar-refractivity contribution in [2.24, 2.45) is 5.41 Å². The zero-order chi connectivity index (χ0) is 14.6. The first-order chi connectivity index (χ1) is 8.70. The lowest BCUT2D eigenvalue weighted by Gasteiger charge is -2.22. The first-order valence-corrected chi connectivity index (χ1v) is 7.89. The molecule has 1 N–H and O–H groups in total. The Morgan fingerprint density at radius 1 is 1.42 bits per heavy atom. The van der Waals surface area contributed by atoms with E-state index in [-0.39, 0.29) is 16.7 Å². The van der Waals surface area contributed by atoms with Gasteiger partial charge in [-0.15, -0.1) is 11.6 Å². The minimum absolute atomic E-state index is 0.0357. The van der Waals surface area contributed by atoms with Gasteiger partial charge in [0.15, 0.2) is 0 Å². The van der Waals surface area contributed by atoms with Crippen molar-refractivity contribution in [1.29, 1.82) is 0 Å². The van der Waals surface area contributed by atoms with E-state index in [4.69, 9.17) is 11.6 Å². The molecule has 0 fully saturated rings. The van der Waals surface area contributed by atoms with Crippen molar-refractivity contribution in [1.82, 2.24) is 5.32 Å². The highest BCUT2D eigenvalue weighted by Gasteiger charge is 2.18. The second-order valence-electron chi connectivity index (χ2n) is 6.01. The third kappa shape index (κ3) is 5.69. The molecule has 0 radical (unpaired) electrons. The van der Waals surface area contributed by atoms with E-state index in [1.54, 1.807) is 0 Å². The first-order valence-electron chi connectivity index (χ1n) is 6.38. The van der Waals surface area contributed by atoms with Crippen LogP contribution in [0, 0.1) is 15.9 Å². The number of nitrogens with one attached hydrogen (secondary N) is 1. The van der Waals surface area contributed by atoms with Crippen LogP contribution in [-0.4, -0.2) is 17.8 Å². The molecule has 1 aromatic carbocycles. The molecule has 106 valence electrons. The van der Waals surface area contributed by atoms with Gasteiger partial charge in [-0.25, -0.2) is 0 Å². The highest BCUT2D eigenvalue weighted by molar-refractivity contribution is 14.1. The number of hydrogen-bond acceptors (Lipinski definition) is 1. The highest BCUT2D eigenvalue weighted by Crippen LogP contribution is 2.23. The standard InChI is InChI=1S/C15H21ClINO/c1-10-6-5-7-12(13(10)17)14(19)18-9-11(16)8-15(2,3)4/h5-7,11H,8-9H2,1-4H3,(H,18,19). The van der Waals surface area contributed by atoms with Crippen LogP contribution in [0.15, 0.2) is 18.2 Å². The van der Waals surface area contributed by atoms with Crippen molar-refractivity contribution in [3.63, 3.8) is 0 Å². The van der Waals surface area contributed by atoms with Crippen LogP contribution < -0.4 is 5.32 Å². The van der Waals surface area contributed by atoms with Crippen LogP contribution in [0.25, 0.3) is 0 Å². The zero-order valence-corrected chi connectivity index (χ0v) is 14.8. The molecule has 2 nitrogen and oxygen atoms in total. The fraction of sp³-hybridized carbons (Fsp3) is 0.533. The third-order valence-corrected chi connectivity index (χ3v) is 4.49. The molecule has 0 bridgehead atoms. The number of carbonyl (C=O) groups excluding carboxylic acids is 1. The van der Waals surface area contributed by atoms with E-state index in [1.807, 2.05) is 25.1 Å². The number of carbonyl (C=O) groups is 1. The van der Waals surface area contributed by atoms with E-state index < -0.39 is 0 Å². The van der Waals surface area contributed by atoms with Gasteiger partial charge in [0.25, 0.3) is 5.91 Å². The average Bonchev–Trinajstić information content (AvgIpc) is 2.27. The minimum atomic E-state index is -0.0485. The number of alkyl halides is 1. The largest absolute Gasteiger partial charge is 0.351 e. The molecule has 0 saturated carbocycles. The van der Waals surface area contributed by atoms with Crippen LogP contribution in [0.2, 0.25) is 0 Å². The van der Waals surface area contributed by atoms with Crippen LogP contribution in [0.1, 0.15) is 43.1 Å². The van der Waals surface area contributed by atoms with Gasteiger partial charge in [-0.3, -0.25) is 4.79 Å². The van der Waals surface area contributed by atoms with E-state index in [2.05, 4.69) is 48.7 Å². The van der Waals surface area contributed by atoms with Crippen LogP contribution >= 0.6 is 34.2 Å². The number of amides is 1. The summed E-state index contributed by atoms with van der Waals surface area (Å²) in [6.07, 6.45) is 0.875. The molecule has 19 heavy (non-hydrogen) atoms. The summed E-state index contributed by atoms with van der Waals surface area (Å²) in [5, 5.41) is 2.88. The highest BCUT2D eigenvalue weighted by atomic mass is 127. The third-order valence-electron chi connectivity index (χ3n) is 2.75. The summed E-state index contributed by atoms with van der Waals surface area (Å²) in [5.74, 6) is -0.0485. The van der Waals surface area contributed by atoms with Gasteiger partial charge >= 0.3 is 0 Å². The Balaban J connectivity index is 2.59. The summed E-state index contributed by atoms with van der Waals surface area (Å²) < 4.78 is 1.000. The van der Waals surface area contributed by atoms with Crippen LogP contribution in [-0.2, 0) is 0 Å².